The molecule has 0 fully saturated rings. The molecule has 4 rings (SSSR count). The summed E-state index contributed by atoms with van der Waals surface area (Å²) in [6.07, 6.45) is 0. The highest BCUT2D eigenvalue weighted by Gasteiger charge is 2.22. The van der Waals surface area contributed by atoms with Crippen molar-refractivity contribution in [2.24, 2.45) is 0 Å². The summed E-state index contributed by atoms with van der Waals surface area (Å²) in [4.78, 5) is 13.2. The number of aryl methyl sites for hydroxylation is 1. The monoisotopic (exact) mass is 355 g/mol. The third-order valence-electron chi connectivity index (χ3n) is 4.95. The molecule has 0 aliphatic rings. The van der Waals surface area contributed by atoms with Gasteiger partial charge < -0.3 is 4.74 Å². The van der Waals surface area contributed by atoms with Gasteiger partial charge >= 0.3 is 0 Å². The lowest BCUT2D eigenvalue weighted by atomic mass is 9.97. The van der Waals surface area contributed by atoms with Crippen molar-refractivity contribution in [1.29, 1.82) is 0 Å². The number of benzene rings is 3. The predicted octanol–water partition coefficient (Wildman–Crippen LogP) is 4.96. The first-order valence-corrected chi connectivity index (χ1v) is 8.99. The quantitative estimate of drug-likeness (QED) is 0.518. The van der Waals surface area contributed by atoms with Crippen LogP contribution in [0.1, 0.15) is 22.7 Å². The van der Waals surface area contributed by atoms with E-state index in [1.165, 1.54) is 0 Å². The number of aromatic nitrogens is 1. The van der Waals surface area contributed by atoms with E-state index in [0.717, 1.165) is 27.6 Å². The van der Waals surface area contributed by atoms with Crippen molar-refractivity contribution in [2.45, 2.75) is 13.0 Å². The second kappa shape index (κ2) is 7.12. The highest BCUT2D eigenvalue weighted by Crippen LogP contribution is 2.33. The molecule has 1 heterocycles. The summed E-state index contributed by atoms with van der Waals surface area (Å²) >= 11 is 0. The maximum absolute atomic E-state index is 13.2. The van der Waals surface area contributed by atoms with Gasteiger partial charge in [-0.05, 0) is 29.7 Å². The summed E-state index contributed by atoms with van der Waals surface area (Å²) in [6.45, 7) is 1.97. The van der Waals surface area contributed by atoms with E-state index in [1.807, 2.05) is 66.1 Å². The number of methoxy groups -OCH3 is 1. The summed E-state index contributed by atoms with van der Waals surface area (Å²) in [5, 5.41) is 1.02. The van der Waals surface area contributed by atoms with Crippen molar-refractivity contribution in [3.63, 3.8) is 0 Å². The van der Waals surface area contributed by atoms with Crippen LogP contribution in [-0.4, -0.2) is 11.7 Å². The predicted molar refractivity (Wildman–Crippen MR) is 110 cm³/mol. The van der Waals surface area contributed by atoms with Crippen molar-refractivity contribution in [3.8, 4) is 5.75 Å². The number of nitrogens with zero attached hydrogens (tertiary/aromatic N) is 1. The molecule has 3 heteroatoms. The van der Waals surface area contributed by atoms with Gasteiger partial charge in [-0.3, -0.25) is 9.36 Å². The number of rotatable bonds is 4. The van der Waals surface area contributed by atoms with E-state index in [9.17, 15) is 4.79 Å². The molecule has 0 saturated heterocycles. The zero-order valence-electron chi connectivity index (χ0n) is 15.4. The molecule has 134 valence electrons. The molecule has 0 radical (unpaired) electrons. The molecule has 1 aromatic heterocycles. The van der Waals surface area contributed by atoms with Gasteiger partial charge in [0.25, 0.3) is 5.56 Å². The number of para-hydroxylation sites is 1. The first-order chi connectivity index (χ1) is 13.2. The van der Waals surface area contributed by atoms with Crippen molar-refractivity contribution < 1.29 is 4.74 Å². The lowest BCUT2D eigenvalue weighted by Gasteiger charge is -2.24. The fraction of sp³-hybridized carbons (Fsp3) is 0.125. The topological polar surface area (TPSA) is 31.2 Å². The number of hydrogen-bond acceptors (Lipinski definition) is 2. The molecule has 0 aliphatic carbocycles. The minimum Gasteiger partial charge on any atom is -0.495 e. The molecule has 0 amide bonds. The SMILES string of the molecule is COc1cccc2c(C)cc(=O)n(C(c3ccccc3)c3ccccc3)c12. The van der Waals surface area contributed by atoms with Gasteiger partial charge in [-0.15, -0.1) is 0 Å². The number of fused-ring (bicyclic) bond motifs is 1. The molecular weight excluding hydrogens is 334 g/mol. The van der Waals surface area contributed by atoms with Gasteiger partial charge in [-0.2, -0.15) is 0 Å². The molecule has 4 aromatic rings. The minimum absolute atomic E-state index is 0.0396. The van der Waals surface area contributed by atoms with Crippen molar-refractivity contribution in [2.75, 3.05) is 7.11 Å². The van der Waals surface area contributed by atoms with E-state index in [0.29, 0.717) is 5.75 Å². The molecule has 0 unspecified atom stereocenters. The van der Waals surface area contributed by atoms with Crippen molar-refractivity contribution in [1.82, 2.24) is 4.57 Å². The van der Waals surface area contributed by atoms with Crippen LogP contribution < -0.4 is 10.3 Å². The van der Waals surface area contributed by atoms with E-state index in [1.54, 1.807) is 13.2 Å². The Balaban J connectivity index is 2.13. The van der Waals surface area contributed by atoms with E-state index < -0.39 is 0 Å². The van der Waals surface area contributed by atoms with Gasteiger partial charge in [-0.25, -0.2) is 0 Å². The normalized spacial score (nSPS) is 11.1. The Morgan fingerprint density at radius 1 is 0.815 bits per heavy atom. The molecule has 27 heavy (non-hydrogen) atoms. The van der Waals surface area contributed by atoms with Gasteiger partial charge in [-0.1, -0.05) is 72.8 Å². The molecule has 0 bridgehead atoms. The van der Waals surface area contributed by atoms with Crippen LogP contribution in [0.15, 0.2) is 89.7 Å². The summed E-state index contributed by atoms with van der Waals surface area (Å²) in [7, 11) is 1.64. The highest BCUT2D eigenvalue weighted by molar-refractivity contribution is 5.88. The van der Waals surface area contributed by atoms with E-state index in [2.05, 4.69) is 24.3 Å². The molecule has 0 atom stereocenters. The van der Waals surface area contributed by atoms with Crippen LogP contribution in [-0.2, 0) is 0 Å². The zero-order chi connectivity index (χ0) is 18.8. The third kappa shape index (κ3) is 3.02. The van der Waals surface area contributed by atoms with Crippen molar-refractivity contribution >= 4 is 10.9 Å². The summed E-state index contributed by atoms with van der Waals surface area (Å²) < 4.78 is 7.49. The first kappa shape index (κ1) is 17.1. The largest absolute Gasteiger partial charge is 0.495 e. The number of hydrogen-bond donors (Lipinski definition) is 0. The molecule has 3 nitrogen and oxygen atoms in total. The lowest BCUT2D eigenvalue weighted by molar-refractivity contribution is 0.416. The molecule has 3 aromatic carbocycles. The van der Waals surface area contributed by atoms with Crippen LogP contribution in [0, 0.1) is 6.92 Å². The van der Waals surface area contributed by atoms with Gasteiger partial charge in [0.2, 0.25) is 0 Å². The molecule has 0 aliphatic heterocycles. The fourth-order valence-electron chi connectivity index (χ4n) is 3.71. The molecule has 0 saturated carbocycles. The van der Waals surface area contributed by atoms with Crippen LogP contribution in [0.25, 0.3) is 10.9 Å². The Morgan fingerprint density at radius 3 is 1.96 bits per heavy atom. The number of pyridine rings is 1. The van der Waals surface area contributed by atoms with Crippen LogP contribution in [0.2, 0.25) is 0 Å². The Morgan fingerprint density at radius 2 is 1.41 bits per heavy atom. The van der Waals surface area contributed by atoms with E-state index in [4.69, 9.17) is 4.74 Å². The van der Waals surface area contributed by atoms with Gasteiger partial charge in [0.1, 0.15) is 5.75 Å². The zero-order valence-corrected chi connectivity index (χ0v) is 15.4. The van der Waals surface area contributed by atoms with Crippen LogP contribution in [0.3, 0.4) is 0 Å². The third-order valence-corrected chi connectivity index (χ3v) is 4.95. The first-order valence-electron chi connectivity index (χ1n) is 8.99. The molecule has 0 spiro atoms. The Kier molecular flexibility index (Phi) is 4.51. The van der Waals surface area contributed by atoms with E-state index in [-0.39, 0.29) is 11.6 Å². The number of ether oxygens (including phenoxy) is 1. The maximum Gasteiger partial charge on any atom is 0.252 e. The van der Waals surface area contributed by atoms with Crippen LogP contribution >= 0.6 is 0 Å². The molecule has 0 N–H and O–H groups in total. The fourth-order valence-corrected chi connectivity index (χ4v) is 3.71. The van der Waals surface area contributed by atoms with Gasteiger partial charge in [0, 0.05) is 11.5 Å². The van der Waals surface area contributed by atoms with Crippen LogP contribution in [0.5, 0.6) is 5.75 Å². The Labute approximate surface area is 158 Å². The van der Waals surface area contributed by atoms with E-state index >= 15 is 0 Å². The smallest absolute Gasteiger partial charge is 0.252 e. The standard InChI is InChI=1S/C24H21NO2/c1-17-16-22(26)25(24-20(17)14-9-15-21(24)27-2)23(18-10-5-3-6-11-18)19-12-7-4-8-13-19/h3-16,23H,1-2H3. The maximum atomic E-state index is 13.2. The second-order valence-corrected chi connectivity index (χ2v) is 6.62. The summed E-state index contributed by atoms with van der Waals surface area (Å²) in [5.74, 6) is 0.699. The average Bonchev–Trinajstić information content (AvgIpc) is 2.72. The Bertz CT molecular complexity index is 1090. The Hall–Kier alpha value is -3.33. The molecular formula is C24H21NO2. The van der Waals surface area contributed by atoms with Gasteiger partial charge in [0.15, 0.2) is 0 Å². The van der Waals surface area contributed by atoms with Crippen LogP contribution in [0.4, 0.5) is 0 Å². The summed E-state index contributed by atoms with van der Waals surface area (Å²) in [6, 6.07) is 27.6. The average molecular weight is 355 g/mol. The summed E-state index contributed by atoms with van der Waals surface area (Å²) in [5.41, 5.74) is 3.85. The van der Waals surface area contributed by atoms with Gasteiger partial charge in [0.05, 0.1) is 18.7 Å². The lowest BCUT2D eigenvalue weighted by Crippen LogP contribution is -2.27. The van der Waals surface area contributed by atoms with Crippen molar-refractivity contribution in [3.05, 3.63) is 112 Å². The minimum atomic E-state index is -0.237. The second-order valence-electron chi connectivity index (χ2n) is 6.62. The highest BCUT2D eigenvalue weighted by atomic mass is 16.5.